The van der Waals surface area contributed by atoms with Gasteiger partial charge in [0.15, 0.2) is 0 Å². The Bertz CT molecular complexity index is 1160. The second-order valence-electron chi connectivity index (χ2n) is 10.1. The van der Waals surface area contributed by atoms with Crippen molar-refractivity contribution in [1.29, 1.82) is 0 Å². The molecule has 190 valence electrons. The van der Waals surface area contributed by atoms with Gasteiger partial charge >= 0.3 is 0 Å². The van der Waals surface area contributed by atoms with E-state index in [1.165, 1.54) is 0 Å². The number of piperidine rings is 1. The fraction of sp³-hybridized carbons (Fsp3) is 0.448. The number of likely N-dealkylation sites (tertiary alicyclic amines) is 1. The zero-order valence-electron chi connectivity index (χ0n) is 21.5. The Labute approximate surface area is 213 Å². The van der Waals surface area contributed by atoms with E-state index in [-0.39, 0.29) is 18.1 Å². The smallest absolute Gasteiger partial charge is 0.257 e. The lowest BCUT2D eigenvalue weighted by Gasteiger charge is -2.39. The summed E-state index contributed by atoms with van der Waals surface area (Å²) in [6, 6.07) is 17.7. The fourth-order valence-corrected chi connectivity index (χ4v) is 5.51. The maximum absolute atomic E-state index is 13.8. The zero-order valence-corrected chi connectivity index (χ0v) is 21.5. The molecule has 0 aliphatic carbocycles. The first-order chi connectivity index (χ1) is 17.5. The molecule has 7 heteroatoms. The van der Waals surface area contributed by atoms with Crippen LogP contribution in [-0.2, 0) is 4.74 Å². The summed E-state index contributed by atoms with van der Waals surface area (Å²) < 4.78 is 13.1. The number of carbonyl (C=O) groups excluding carboxylic acids is 1. The van der Waals surface area contributed by atoms with Gasteiger partial charge in [0.2, 0.25) is 0 Å². The molecule has 2 fully saturated rings. The molecule has 0 bridgehead atoms. The van der Waals surface area contributed by atoms with Crippen LogP contribution in [-0.4, -0.2) is 77.5 Å². The van der Waals surface area contributed by atoms with Crippen molar-refractivity contribution in [2.75, 3.05) is 39.8 Å². The molecule has 1 aromatic heterocycles. The average Bonchev–Trinajstić information content (AvgIpc) is 3.34. The van der Waals surface area contributed by atoms with E-state index in [1.807, 2.05) is 65.7 Å². The van der Waals surface area contributed by atoms with Gasteiger partial charge in [0.1, 0.15) is 11.4 Å². The van der Waals surface area contributed by atoms with Crippen molar-refractivity contribution in [3.63, 3.8) is 0 Å². The monoisotopic (exact) mass is 488 g/mol. The first-order valence-corrected chi connectivity index (χ1v) is 13.0. The van der Waals surface area contributed by atoms with Gasteiger partial charge in [-0.3, -0.25) is 9.69 Å². The van der Waals surface area contributed by atoms with Gasteiger partial charge in [0.05, 0.1) is 30.6 Å². The number of morpholine rings is 1. The van der Waals surface area contributed by atoms with Gasteiger partial charge < -0.3 is 14.4 Å². The Morgan fingerprint density at radius 3 is 2.44 bits per heavy atom. The van der Waals surface area contributed by atoms with Crippen molar-refractivity contribution in [2.24, 2.45) is 5.92 Å². The van der Waals surface area contributed by atoms with Crippen LogP contribution in [0.4, 0.5) is 0 Å². The van der Waals surface area contributed by atoms with Gasteiger partial charge in [-0.2, -0.15) is 5.10 Å². The van der Waals surface area contributed by atoms with Crippen LogP contribution in [0.3, 0.4) is 0 Å². The highest BCUT2D eigenvalue weighted by molar-refractivity contribution is 6.00. The number of carbonyl (C=O) groups is 1. The lowest BCUT2D eigenvalue weighted by Crippen LogP contribution is -2.48. The Morgan fingerprint density at radius 2 is 1.75 bits per heavy atom. The lowest BCUT2D eigenvalue weighted by atomic mass is 9.95. The molecular weight excluding hydrogens is 452 g/mol. The molecule has 2 aliphatic heterocycles. The summed E-state index contributed by atoms with van der Waals surface area (Å²) in [5.74, 6) is 1.39. The highest BCUT2D eigenvalue weighted by Crippen LogP contribution is 2.29. The van der Waals surface area contributed by atoms with E-state index in [2.05, 4.69) is 18.7 Å². The van der Waals surface area contributed by atoms with Crippen molar-refractivity contribution in [2.45, 2.75) is 38.9 Å². The van der Waals surface area contributed by atoms with Gasteiger partial charge in [-0.1, -0.05) is 30.3 Å². The summed E-state index contributed by atoms with van der Waals surface area (Å²) in [5.41, 5.74) is 3.11. The summed E-state index contributed by atoms with van der Waals surface area (Å²) in [6.07, 6.45) is 4.48. The van der Waals surface area contributed by atoms with Crippen LogP contribution in [0.25, 0.3) is 16.9 Å². The maximum Gasteiger partial charge on any atom is 0.257 e. The third kappa shape index (κ3) is 5.47. The van der Waals surface area contributed by atoms with Gasteiger partial charge in [-0.05, 0) is 56.9 Å². The van der Waals surface area contributed by atoms with Crippen LogP contribution >= 0.6 is 0 Å². The number of ether oxygens (including phenoxy) is 2. The Kier molecular flexibility index (Phi) is 7.39. The van der Waals surface area contributed by atoms with E-state index in [0.29, 0.717) is 17.2 Å². The third-order valence-electron chi connectivity index (χ3n) is 7.22. The molecule has 3 heterocycles. The Hall–Kier alpha value is -3.16. The van der Waals surface area contributed by atoms with Gasteiger partial charge in [0.25, 0.3) is 5.91 Å². The summed E-state index contributed by atoms with van der Waals surface area (Å²) in [7, 11) is 1.65. The second kappa shape index (κ2) is 10.8. The topological polar surface area (TPSA) is 59.8 Å². The molecule has 0 spiro atoms. The minimum absolute atomic E-state index is 0.0436. The number of para-hydroxylation sites is 1. The van der Waals surface area contributed by atoms with Crippen molar-refractivity contribution in [1.82, 2.24) is 19.6 Å². The molecular formula is C29H36N4O3. The van der Waals surface area contributed by atoms with Crippen LogP contribution in [0.5, 0.6) is 5.75 Å². The number of nitrogens with zero attached hydrogens (tertiary/aromatic N) is 4. The molecule has 2 atom stereocenters. The number of rotatable bonds is 6. The minimum Gasteiger partial charge on any atom is -0.497 e. The van der Waals surface area contributed by atoms with E-state index in [1.54, 1.807) is 11.8 Å². The van der Waals surface area contributed by atoms with E-state index < -0.39 is 0 Å². The van der Waals surface area contributed by atoms with E-state index >= 15 is 0 Å². The standard InChI is InChI=1S/C29H36N4O3/c1-21-17-31(18-22(2)36-21)19-23-12-14-32(15-13-23)29(34)27-20-33(25-9-5-4-6-10-25)30-28(27)24-8-7-11-26(16-24)35-3/h4-11,16,20-23H,12-15,17-19H2,1-3H3. The second-order valence-corrected chi connectivity index (χ2v) is 10.1. The highest BCUT2D eigenvalue weighted by Gasteiger charge is 2.30. The maximum atomic E-state index is 13.8. The van der Waals surface area contributed by atoms with E-state index in [0.717, 1.165) is 62.6 Å². The molecule has 2 saturated heterocycles. The summed E-state index contributed by atoms with van der Waals surface area (Å²) in [6.45, 7) is 8.91. The SMILES string of the molecule is COc1cccc(-c2nn(-c3ccccc3)cc2C(=O)N2CCC(CN3CC(C)OC(C)C3)CC2)c1. The predicted molar refractivity (Wildman–Crippen MR) is 141 cm³/mol. The molecule has 7 nitrogen and oxygen atoms in total. The number of benzene rings is 2. The molecule has 3 aromatic rings. The molecule has 0 radical (unpaired) electrons. The predicted octanol–water partition coefficient (Wildman–Crippen LogP) is 4.51. The average molecular weight is 489 g/mol. The molecule has 0 saturated carbocycles. The molecule has 0 N–H and O–H groups in total. The summed E-state index contributed by atoms with van der Waals surface area (Å²) >= 11 is 0. The fourth-order valence-electron chi connectivity index (χ4n) is 5.51. The van der Waals surface area contributed by atoms with Crippen molar-refractivity contribution in [3.8, 4) is 22.7 Å². The molecule has 2 unspecified atom stereocenters. The number of hydrogen-bond donors (Lipinski definition) is 0. The quantitative estimate of drug-likeness (QED) is 0.511. The number of methoxy groups -OCH3 is 1. The Morgan fingerprint density at radius 1 is 1.03 bits per heavy atom. The molecule has 36 heavy (non-hydrogen) atoms. The van der Waals surface area contributed by atoms with E-state index in [4.69, 9.17) is 14.6 Å². The van der Waals surface area contributed by atoms with Crippen LogP contribution in [0.1, 0.15) is 37.0 Å². The van der Waals surface area contributed by atoms with Gasteiger partial charge in [0, 0.05) is 44.5 Å². The first kappa shape index (κ1) is 24.5. The van der Waals surface area contributed by atoms with Crippen LogP contribution in [0, 0.1) is 5.92 Å². The van der Waals surface area contributed by atoms with Crippen LogP contribution in [0.2, 0.25) is 0 Å². The lowest BCUT2D eigenvalue weighted by molar-refractivity contribution is -0.0728. The minimum atomic E-state index is 0.0436. The molecule has 2 aromatic carbocycles. The zero-order chi connectivity index (χ0) is 25.1. The van der Waals surface area contributed by atoms with Gasteiger partial charge in [-0.25, -0.2) is 4.68 Å². The summed E-state index contributed by atoms with van der Waals surface area (Å²) in [4.78, 5) is 18.3. The molecule has 5 rings (SSSR count). The van der Waals surface area contributed by atoms with Crippen LogP contribution in [0.15, 0.2) is 60.8 Å². The van der Waals surface area contributed by atoms with E-state index in [9.17, 15) is 4.79 Å². The molecule has 1 amide bonds. The largest absolute Gasteiger partial charge is 0.497 e. The van der Waals surface area contributed by atoms with Crippen molar-refractivity contribution in [3.05, 3.63) is 66.4 Å². The summed E-state index contributed by atoms with van der Waals surface area (Å²) in [5, 5.41) is 4.84. The van der Waals surface area contributed by atoms with Crippen molar-refractivity contribution >= 4 is 5.91 Å². The number of amides is 1. The normalized spacial score (nSPS) is 21.5. The highest BCUT2D eigenvalue weighted by atomic mass is 16.5. The van der Waals surface area contributed by atoms with Gasteiger partial charge in [-0.15, -0.1) is 0 Å². The number of aromatic nitrogens is 2. The number of hydrogen-bond acceptors (Lipinski definition) is 5. The van der Waals surface area contributed by atoms with Crippen molar-refractivity contribution < 1.29 is 14.3 Å². The Balaban J connectivity index is 1.33. The first-order valence-electron chi connectivity index (χ1n) is 13.0. The molecule has 2 aliphatic rings. The third-order valence-corrected chi connectivity index (χ3v) is 7.22. The van der Waals surface area contributed by atoms with Crippen LogP contribution < -0.4 is 4.74 Å².